The molecule has 0 unspecified atom stereocenters. The number of hydrogen-bond acceptors (Lipinski definition) is 2. The third-order valence-corrected chi connectivity index (χ3v) is 4.59. The maximum Gasteiger partial charge on any atom is 0.224 e. The average Bonchev–Trinajstić information content (AvgIpc) is 3.08. The molecule has 4 N–H and O–H groups in total. The van der Waals surface area contributed by atoms with E-state index in [4.69, 9.17) is 17.3 Å². The van der Waals surface area contributed by atoms with E-state index in [1.54, 1.807) is 24.3 Å². The van der Waals surface area contributed by atoms with E-state index in [0.29, 0.717) is 30.4 Å². The normalized spacial score (nSPS) is 13.3. The van der Waals surface area contributed by atoms with Gasteiger partial charge >= 0.3 is 0 Å². The summed E-state index contributed by atoms with van der Waals surface area (Å²) in [6.07, 6.45) is 4.53. The van der Waals surface area contributed by atoms with Gasteiger partial charge in [-0.05, 0) is 73.2 Å². The van der Waals surface area contributed by atoms with Crippen molar-refractivity contribution in [2.24, 2.45) is 10.7 Å². The first kappa shape index (κ1) is 18.3. The Balaban J connectivity index is 1.40. The number of hydrogen-bond donors (Lipinski definition) is 3. The number of nitrogens with zero attached hydrogens (tertiary/aromatic N) is 1. The predicted molar refractivity (Wildman–Crippen MR) is 108 cm³/mol. The summed E-state index contributed by atoms with van der Waals surface area (Å²) in [4.78, 5) is 16.2. The van der Waals surface area contributed by atoms with Crippen LogP contribution in [0.25, 0.3) is 0 Å². The number of fused-ring (bicyclic) bond motifs is 1. The molecular formula is C20H23ClN4O. The second kappa shape index (κ2) is 8.72. The van der Waals surface area contributed by atoms with Crippen molar-refractivity contribution >= 4 is 34.8 Å². The van der Waals surface area contributed by atoms with Gasteiger partial charge in [0, 0.05) is 29.4 Å². The number of guanidine groups is 1. The third kappa shape index (κ3) is 5.23. The molecule has 0 aliphatic heterocycles. The Morgan fingerprint density at radius 3 is 2.58 bits per heavy atom. The van der Waals surface area contributed by atoms with Crippen LogP contribution < -0.4 is 16.4 Å². The van der Waals surface area contributed by atoms with Crippen molar-refractivity contribution in [1.29, 1.82) is 0 Å². The van der Waals surface area contributed by atoms with E-state index in [1.807, 2.05) is 6.07 Å². The molecule has 6 heteroatoms. The van der Waals surface area contributed by atoms with E-state index in [1.165, 1.54) is 17.5 Å². The second-order valence-corrected chi connectivity index (χ2v) is 6.82. The van der Waals surface area contributed by atoms with E-state index in [-0.39, 0.29) is 5.91 Å². The van der Waals surface area contributed by atoms with Crippen LogP contribution in [0, 0.1) is 0 Å². The number of carbonyl (C=O) groups excluding carboxylic acids is 1. The van der Waals surface area contributed by atoms with Crippen LogP contribution in [-0.4, -0.2) is 18.4 Å². The van der Waals surface area contributed by atoms with Gasteiger partial charge in [0.2, 0.25) is 5.91 Å². The first-order valence-electron chi connectivity index (χ1n) is 8.84. The minimum atomic E-state index is -0.0484. The summed E-state index contributed by atoms with van der Waals surface area (Å²) in [6, 6.07) is 13.4. The van der Waals surface area contributed by atoms with Crippen molar-refractivity contribution in [3.05, 3.63) is 58.6 Å². The molecule has 0 aromatic heterocycles. The Hall–Kier alpha value is -2.53. The standard InChI is InChI=1S/C20H23ClN4O/c21-16-7-10-17(11-8-16)24-19(26)5-2-12-23-20(22)25-18-9-6-14-3-1-4-15(14)13-18/h6-11,13H,1-5,12H2,(H,24,26)(H3,22,23,25). The molecule has 1 aliphatic carbocycles. The van der Waals surface area contributed by atoms with Gasteiger partial charge in [-0.2, -0.15) is 0 Å². The Morgan fingerprint density at radius 1 is 1.04 bits per heavy atom. The number of nitrogens with one attached hydrogen (secondary N) is 2. The maximum atomic E-state index is 11.9. The highest BCUT2D eigenvalue weighted by atomic mass is 35.5. The fourth-order valence-corrected chi connectivity index (χ4v) is 3.16. The van der Waals surface area contributed by atoms with Crippen LogP contribution in [0.3, 0.4) is 0 Å². The lowest BCUT2D eigenvalue weighted by atomic mass is 10.1. The van der Waals surface area contributed by atoms with Crippen molar-refractivity contribution in [2.45, 2.75) is 32.1 Å². The zero-order chi connectivity index (χ0) is 18.4. The van der Waals surface area contributed by atoms with Crippen molar-refractivity contribution in [1.82, 2.24) is 0 Å². The smallest absolute Gasteiger partial charge is 0.224 e. The summed E-state index contributed by atoms with van der Waals surface area (Å²) in [5.41, 5.74) is 10.5. The Kier molecular flexibility index (Phi) is 6.12. The largest absolute Gasteiger partial charge is 0.370 e. The molecule has 0 fully saturated rings. The zero-order valence-corrected chi connectivity index (χ0v) is 15.4. The molecule has 26 heavy (non-hydrogen) atoms. The number of rotatable bonds is 6. The summed E-state index contributed by atoms with van der Waals surface area (Å²) < 4.78 is 0. The monoisotopic (exact) mass is 370 g/mol. The lowest BCUT2D eigenvalue weighted by Gasteiger charge is -2.08. The molecule has 0 radical (unpaired) electrons. The highest BCUT2D eigenvalue weighted by Crippen LogP contribution is 2.24. The number of carbonyl (C=O) groups is 1. The number of aliphatic imine (C=N–C) groups is 1. The molecule has 1 aliphatic rings. The summed E-state index contributed by atoms with van der Waals surface area (Å²) in [5.74, 6) is 0.328. The highest BCUT2D eigenvalue weighted by Gasteiger charge is 2.10. The van der Waals surface area contributed by atoms with Gasteiger partial charge < -0.3 is 16.4 Å². The Labute approximate surface area is 158 Å². The lowest BCUT2D eigenvalue weighted by Crippen LogP contribution is -2.23. The fraction of sp³-hybridized carbons (Fsp3) is 0.300. The van der Waals surface area contributed by atoms with Crippen molar-refractivity contribution < 1.29 is 4.79 Å². The lowest BCUT2D eigenvalue weighted by molar-refractivity contribution is -0.116. The van der Waals surface area contributed by atoms with Crippen LogP contribution in [0.15, 0.2) is 47.5 Å². The van der Waals surface area contributed by atoms with Gasteiger partial charge in [0.1, 0.15) is 0 Å². The third-order valence-electron chi connectivity index (χ3n) is 4.34. The van der Waals surface area contributed by atoms with Crippen LogP contribution >= 0.6 is 11.6 Å². The fourth-order valence-electron chi connectivity index (χ4n) is 3.03. The van der Waals surface area contributed by atoms with Gasteiger partial charge in [0.15, 0.2) is 5.96 Å². The van der Waals surface area contributed by atoms with Crippen molar-refractivity contribution in [3.8, 4) is 0 Å². The molecule has 0 bridgehead atoms. The molecule has 1 amide bonds. The Morgan fingerprint density at radius 2 is 1.77 bits per heavy atom. The van der Waals surface area contributed by atoms with Crippen LogP contribution in [-0.2, 0) is 17.6 Å². The minimum absolute atomic E-state index is 0.0484. The average molecular weight is 371 g/mol. The molecule has 2 aromatic carbocycles. The zero-order valence-electron chi connectivity index (χ0n) is 14.6. The van der Waals surface area contributed by atoms with Gasteiger partial charge in [-0.1, -0.05) is 17.7 Å². The first-order chi connectivity index (χ1) is 12.6. The second-order valence-electron chi connectivity index (χ2n) is 6.39. The van der Waals surface area contributed by atoms with Crippen LogP contribution in [0.5, 0.6) is 0 Å². The van der Waals surface area contributed by atoms with Crippen LogP contribution in [0.1, 0.15) is 30.4 Å². The Bertz CT molecular complexity index is 802. The number of amides is 1. The number of anilines is 2. The minimum Gasteiger partial charge on any atom is -0.370 e. The van der Waals surface area contributed by atoms with Gasteiger partial charge in [-0.15, -0.1) is 0 Å². The summed E-state index contributed by atoms with van der Waals surface area (Å²) >= 11 is 5.82. The van der Waals surface area contributed by atoms with Gasteiger partial charge in [-0.25, -0.2) is 0 Å². The van der Waals surface area contributed by atoms with Gasteiger partial charge in [0.05, 0.1) is 0 Å². The van der Waals surface area contributed by atoms with Gasteiger partial charge in [0.25, 0.3) is 0 Å². The van der Waals surface area contributed by atoms with E-state index < -0.39 is 0 Å². The molecule has 0 saturated heterocycles. The maximum absolute atomic E-state index is 11.9. The topological polar surface area (TPSA) is 79.5 Å². The van der Waals surface area contributed by atoms with E-state index in [0.717, 1.165) is 24.2 Å². The first-order valence-corrected chi connectivity index (χ1v) is 9.22. The number of halogens is 1. The number of benzene rings is 2. The highest BCUT2D eigenvalue weighted by molar-refractivity contribution is 6.30. The molecule has 3 rings (SSSR count). The molecule has 0 atom stereocenters. The number of nitrogens with two attached hydrogens (primary N) is 1. The molecule has 0 saturated carbocycles. The van der Waals surface area contributed by atoms with Crippen molar-refractivity contribution in [2.75, 3.05) is 17.2 Å². The van der Waals surface area contributed by atoms with Crippen LogP contribution in [0.2, 0.25) is 5.02 Å². The molecule has 136 valence electrons. The van der Waals surface area contributed by atoms with Crippen LogP contribution in [0.4, 0.5) is 11.4 Å². The quantitative estimate of drug-likeness (QED) is 0.409. The number of aryl methyl sites for hydroxylation is 2. The molecular weight excluding hydrogens is 348 g/mol. The summed E-state index contributed by atoms with van der Waals surface area (Å²) in [6.45, 7) is 0.498. The molecule has 2 aromatic rings. The van der Waals surface area contributed by atoms with Gasteiger partial charge in [-0.3, -0.25) is 9.79 Å². The van der Waals surface area contributed by atoms with E-state index in [9.17, 15) is 4.79 Å². The molecule has 0 heterocycles. The van der Waals surface area contributed by atoms with E-state index in [2.05, 4.69) is 27.8 Å². The molecule has 5 nitrogen and oxygen atoms in total. The van der Waals surface area contributed by atoms with Crippen molar-refractivity contribution in [3.63, 3.8) is 0 Å². The SMILES string of the molecule is NC(=NCCCC(=O)Nc1ccc(Cl)cc1)Nc1ccc2c(c1)CCC2. The molecule has 0 spiro atoms. The van der Waals surface area contributed by atoms with E-state index >= 15 is 0 Å². The predicted octanol–water partition coefficient (Wildman–Crippen LogP) is 3.97. The summed E-state index contributed by atoms with van der Waals surface area (Å²) in [7, 11) is 0. The summed E-state index contributed by atoms with van der Waals surface area (Å²) in [5, 5.41) is 6.59.